The Bertz CT molecular complexity index is 765. The molecule has 1 atom stereocenters. The molecule has 108 valence electrons. The Morgan fingerprint density at radius 2 is 2.38 bits per heavy atom. The van der Waals surface area contributed by atoms with Crippen molar-refractivity contribution in [2.75, 3.05) is 5.73 Å². The standard InChI is InChI=1S/C14H15N5OS/c1-9(8-19-6-2-5-16-19)17-13(20)10-3-4-11-12(7-10)21-14(15)18-11/h2-7,9H,8H2,1H3,(H2,15,18)(H,17,20). The van der Waals surface area contributed by atoms with Crippen molar-refractivity contribution >= 4 is 32.6 Å². The van der Waals surface area contributed by atoms with Gasteiger partial charge in [0.05, 0.1) is 16.8 Å². The first kappa shape index (κ1) is 13.6. The van der Waals surface area contributed by atoms with E-state index in [1.54, 1.807) is 16.9 Å². The number of rotatable bonds is 4. The van der Waals surface area contributed by atoms with Crippen LogP contribution in [0, 0.1) is 0 Å². The largest absolute Gasteiger partial charge is 0.375 e. The number of nitrogens with one attached hydrogen (secondary N) is 1. The Hall–Kier alpha value is -2.41. The first-order valence-electron chi connectivity index (χ1n) is 6.56. The van der Waals surface area contributed by atoms with E-state index in [9.17, 15) is 4.79 Å². The van der Waals surface area contributed by atoms with E-state index in [4.69, 9.17) is 5.73 Å². The molecule has 0 bridgehead atoms. The summed E-state index contributed by atoms with van der Waals surface area (Å²) >= 11 is 1.38. The molecule has 6 nitrogen and oxygen atoms in total. The molecule has 0 radical (unpaired) electrons. The molecule has 0 fully saturated rings. The summed E-state index contributed by atoms with van der Waals surface area (Å²) in [7, 11) is 0. The smallest absolute Gasteiger partial charge is 0.251 e. The van der Waals surface area contributed by atoms with Gasteiger partial charge in [-0.3, -0.25) is 9.48 Å². The number of hydrogen-bond acceptors (Lipinski definition) is 5. The zero-order chi connectivity index (χ0) is 14.8. The summed E-state index contributed by atoms with van der Waals surface area (Å²) in [6.07, 6.45) is 3.59. The Kier molecular flexibility index (Phi) is 3.57. The van der Waals surface area contributed by atoms with Gasteiger partial charge in [-0.15, -0.1) is 0 Å². The maximum absolute atomic E-state index is 12.2. The number of aromatic nitrogens is 3. The molecular formula is C14H15N5OS. The highest BCUT2D eigenvalue weighted by Gasteiger charge is 2.12. The lowest BCUT2D eigenvalue weighted by Crippen LogP contribution is -2.35. The van der Waals surface area contributed by atoms with Gasteiger partial charge in [-0.25, -0.2) is 4.98 Å². The predicted molar refractivity (Wildman–Crippen MR) is 83.2 cm³/mol. The fraction of sp³-hybridized carbons (Fsp3) is 0.214. The molecule has 0 aliphatic carbocycles. The fourth-order valence-electron chi connectivity index (χ4n) is 2.13. The van der Waals surface area contributed by atoms with Crippen LogP contribution in [0.25, 0.3) is 10.2 Å². The topological polar surface area (TPSA) is 85.8 Å². The minimum atomic E-state index is -0.108. The molecule has 2 aromatic heterocycles. The second kappa shape index (κ2) is 5.53. The summed E-state index contributed by atoms with van der Waals surface area (Å²) in [4.78, 5) is 16.4. The van der Waals surface area contributed by atoms with Gasteiger partial charge in [0, 0.05) is 24.0 Å². The molecule has 1 unspecified atom stereocenters. The number of fused-ring (bicyclic) bond motifs is 1. The number of carbonyl (C=O) groups excluding carboxylic acids is 1. The second-order valence-electron chi connectivity index (χ2n) is 4.84. The second-order valence-corrected chi connectivity index (χ2v) is 5.90. The maximum Gasteiger partial charge on any atom is 0.251 e. The lowest BCUT2D eigenvalue weighted by Gasteiger charge is -2.14. The number of nitrogen functional groups attached to an aromatic ring is 1. The van der Waals surface area contributed by atoms with Crippen LogP contribution in [0.15, 0.2) is 36.7 Å². The number of nitrogens with zero attached hydrogens (tertiary/aromatic N) is 3. The van der Waals surface area contributed by atoms with E-state index < -0.39 is 0 Å². The van der Waals surface area contributed by atoms with Gasteiger partial charge in [0.25, 0.3) is 5.91 Å². The molecule has 0 saturated carbocycles. The van der Waals surface area contributed by atoms with Crippen LogP contribution >= 0.6 is 11.3 Å². The van der Waals surface area contributed by atoms with Crippen LogP contribution in [0.3, 0.4) is 0 Å². The molecule has 0 aliphatic heterocycles. The van der Waals surface area contributed by atoms with E-state index in [1.165, 1.54) is 11.3 Å². The molecule has 0 aliphatic rings. The van der Waals surface area contributed by atoms with E-state index in [1.807, 2.05) is 31.3 Å². The number of anilines is 1. The molecule has 1 amide bonds. The Morgan fingerprint density at radius 1 is 1.52 bits per heavy atom. The highest BCUT2D eigenvalue weighted by Crippen LogP contribution is 2.24. The highest BCUT2D eigenvalue weighted by atomic mass is 32.1. The van der Waals surface area contributed by atoms with Crippen LogP contribution < -0.4 is 11.1 Å². The first-order chi connectivity index (χ1) is 10.1. The van der Waals surface area contributed by atoms with Crippen LogP contribution in [0.4, 0.5) is 5.13 Å². The summed E-state index contributed by atoms with van der Waals surface area (Å²) in [6, 6.07) is 7.24. The van der Waals surface area contributed by atoms with Crippen molar-refractivity contribution in [1.29, 1.82) is 0 Å². The minimum Gasteiger partial charge on any atom is -0.375 e. The van der Waals surface area contributed by atoms with Crippen molar-refractivity contribution in [3.05, 3.63) is 42.2 Å². The van der Waals surface area contributed by atoms with Crippen LogP contribution in [0.5, 0.6) is 0 Å². The van der Waals surface area contributed by atoms with Crippen LogP contribution in [-0.2, 0) is 6.54 Å². The summed E-state index contributed by atoms with van der Waals surface area (Å²) in [5.74, 6) is -0.108. The number of carbonyl (C=O) groups is 1. The zero-order valence-corrected chi connectivity index (χ0v) is 12.3. The van der Waals surface area contributed by atoms with Crippen molar-refractivity contribution in [2.45, 2.75) is 19.5 Å². The van der Waals surface area contributed by atoms with Gasteiger partial charge in [-0.1, -0.05) is 11.3 Å². The summed E-state index contributed by atoms with van der Waals surface area (Å²) in [5.41, 5.74) is 7.10. The minimum absolute atomic E-state index is 0.0142. The van der Waals surface area contributed by atoms with E-state index >= 15 is 0 Å². The lowest BCUT2D eigenvalue weighted by molar-refractivity contribution is 0.0936. The molecule has 7 heteroatoms. The monoisotopic (exact) mass is 301 g/mol. The summed E-state index contributed by atoms with van der Waals surface area (Å²) in [5, 5.41) is 7.59. The van der Waals surface area contributed by atoms with Gasteiger partial charge in [0.15, 0.2) is 5.13 Å². The van der Waals surface area contributed by atoms with Crippen LogP contribution in [0.1, 0.15) is 17.3 Å². The molecule has 1 aromatic carbocycles. The van der Waals surface area contributed by atoms with E-state index in [-0.39, 0.29) is 11.9 Å². The normalized spacial score (nSPS) is 12.4. The molecule has 0 saturated heterocycles. The molecule has 21 heavy (non-hydrogen) atoms. The molecule has 2 heterocycles. The van der Waals surface area contributed by atoms with Gasteiger partial charge < -0.3 is 11.1 Å². The van der Waals surface area contributed by atoms with Crippen LogP contribution in [0.2, 0.25) is 0 Å². The number of thiazole rings is 1. The van der Waals surface area contributed by atoms with Gasteiger partial charge in [-0.05, 0) is 31.2 Å². The lowest BCUT2D eigenvalue weighted by atomic mass is 10.2. The molecule has 3 rings (SSSR count). The van der Waals surface area contributed by atoms with Gasteiger partial charge >= 0.3 is 0 Å². The number of amides is 1. The van der Waals surface area contributed by atoms with Crippen molar-refractivity contribution in [1.82, 2.24) is 20.1 Å². The van der Waals surface area contributed by atoms with Gasteiger partial charge in [-0.2, -0.15) is 5.10 Å². The average molecular weight is 301 g/mol. The van der Waals surface area contributed by atoms with E-state index in [2.05, 4.69) is 15.4 Å². The number of nitrogens with two attached hydrogens (primary N) is 1. The van der Waals surface area contributed by atoms with Crippen molar-refractivity contribution in [3.63, 3.8) is 0 Å². The zero-order valence-electron chi connectivity index (χ0n) is 11.5. The van der Waals surface area contributed by atoms with Crippen molar-refractivity contribution in [2.24, 2.45) is 0 Å². The fourth-order valence-corrected chi connectivity index (χ4v) is 2.90. The molecule has 3 N–H and O–H groups in total. The molecule has 0 spiro atoms. The number of benzene rings is 1. The van der Waals surface area contributed by atoms with Gasteiger partial charge in [0.1, 0.15) is 0 Å². The molecule has 3 aromatic rings. The van der Waals surface area contributed by atoms with E-state index in [0.717, 1.165) is 10.2 Å². The third-order valence-corrected chi connectivity index (χ3v) is 3.91. The Labute approximate surface area is 125 Å². The average Bonchev–Trinajstić information content (AvgIpc) is 3.05. The predicted octanol–water partition coefficient (Wildman–Crippen LogP) is 1.89. The summed E-state index contributed by atoms with van der Waals surface area (Å²) < 4.78 is 2.71. The quantitative estimate of drug-likeness (QED) is 0.770. The van der Waals surface area contributed by atoms with Crippen molar-refractivity contribution < 1.29 is 4.79 Å². The third kappa shape index (κ3) is 3.03. The van der Waals surface area contributed by atoms with Gasteiger partial charge in [0.2, 0.25) is 0 Å². The maximum atomic E-state index is 12.2. The highest BCUT2D eigenvalue weighted by molar-refractivity contribution is 7.22. The SMILES string of the molecule is CC(Cn1cccn1)NC(=O)c1ccc2nc(N)sc2c1. The first-order valence-corrected chi connectivity index (χ1v) is 7.38. The Morgan fingerprint density at radius 3 is 3.14 bits per heavy atom. The van der Waals surface area contributed by atoms with E-state index in [0.29, 0.717) is 17.2 Å². The number of hydrogen-bond donors (Lipinski definition) is 2. The third-order valence-electron chi connectivity index (χ3n) is 3.06. The van der Waals surface area contributed by atoms with Crippen LogP contribution in [-0.4, -0.2) is 26.7 Å². The van der Waals surface area contributed by atoms with Crippen molar-refractivity contribution in [3.8, 4) is 0 Å². The Balaban J connectivity index is 1.71. The summed E-state index contributed by atoms with van der Waals surface area (Å²) in [6.45, 7) is 2.58. The molecular weight excluding hydrogens is 286 g/mol.